The first kappa shape index (κ1) is 9.07. The number of rotatable bonds is 3. The molecule has 0 radical (unpaired) electrons. The molecule has 1 saturated heterocycles. The molecule has 1 fully saturated rings. The fourth-order valence-electron chi connectivity index (χ4n) is 1.38. The van der Waals surface area contributed by atoms with Crippen LogP contribution in [0.25, 0.3) is 0 Å². The predicted octanol–water partition coefficient (Wildman–Crippen LogP) is 1.49. The summed E-state index contributed by atoms with van der Waals surface area (Å²) in [6.45, 7) is 0. The van der Waals surface area contributed by atoms with Crippen molar-refractivity contribution in [2.75, 3.05) is 18.6 Å². The van der Waals surface area contributed by atoms with E-state index >= 15 is 0 Å². The molecule has 0 aromatic carbocycles. The summed E-state index contributed by atoms with van der Waals surface area (Å²) in [5, 5.41) is 0. The second kappa shape index (κ2) is 4.12. The molecule has 0 amide bonds. The van der Waals surface area contributed by atoms with E-state index in [0.717, 1.165) is 18.5 Å². The average molecular weight is 174 g/mol. The molecule has 1 unspecified atom stereocenters. The van der Waals surface area contributed by atoms with Crippen LogP contribution in [0.3, 0.4) is 0 Å². The van der Waals surface area contributed by atoms with Crippen LogP contribution in [0.4, 0.5) is 0 Å². The Morgan fingerprint density at radius 1 is 1.73 bits per heavy atom. The van der Waals surface area contributed by atoms with Gasteiger partial charge < -0.3 is 9.53 Å². The lowest BCUT2D eigenvalue weighted by molar-refractivity contribution is -0.113. The van der Waals surface area contributed by atoms with Crippen LogP contribution in [0.2, 0.25) is 0 Å². The molecule has 0 bridgehead atoms. The van der Waals surface area contributed by atoms with Crippen molar-refractivity contribution in [3.63, 3.8) is 0 Å². The van der Waals surface area contributed by atoms with Gasteiger partial charge in [-0.2, -0.15) is 11.8 Å². The zero-order valence-corrected chi connectivity index (χ0v) is 7.65. The quantitative estimate of drug-likeness (QED) is 0.606. The average Bonchev–Trinajstić information content (AvgIpc) is 2.07. The standard InChI is InChI=1S/C8H14O2S/c1-10-8(4-5-9)3-2-6-11-7-8/h5H,2-4,6-7H2,1H3. The van der Waals surface area contributed by atoms with Crippen molar-refractivity contribution in [1.82, 2.24) is 0 Å². The molecular weight excluding hydrogens is 160 g/mol. The first-order valence-electron chi connectivity index (χ1n) is 3.89. The van der Waals surface area contributed by atoms with Gasteiger partial charge in [-0.1, -0.05) is 0 Å². The van der Waals surface area contributed by atoms with E-state index in [1.54, 1.807) is 7.11 Å². The topological polar surface area (TPSA) is 26.3 Å². The molecule has 1 aliphatic heterocycles. The summed E-state index contributed by atoms with van der Waals surface area (Å²) in [6, 6.07) is 0. The number of ether oxygens (including phenoxy) is 1. The molecule has 2 nitrogen and oxygen atoms in total. The maximum atomic E-state index is 10.3. The van der Waals surface area contributed by atoms with Gasteiger partial charge in [0.25, 0.3) is 0 Å². The van der Waals surface area contributed by atoms with Crippen molar-refractivity contribution in [3.05, 3.63) is 0 Å². The Balaban J connectivity index is 2.49. The second-order valence-electron chi connectivity index (χ2n) is 2.91. The number of hydrogen-bond acceptors (Lipinski definition) is 3. The summed E-state index contributed by atoms with van der Waals surface area (Å²) in [5.41, 5.74) is -0.134. The molecule has 1 atom stereocenters. The highest BCUT2D eigenvalue weighted by Gasteiger charge is 2.31. The van der Waals surface area contributed by atoms with Gasteiger partial charge in [-0.15, -0.1) is 0 Å². The number of aldehydes is 1. The Morgan fingerprint density at radius 3 is 3.00 bits per heavy atom. The monoisotopic (exact) mass is 174 g/mol. The molecule has 3 heteroatoms. The van der Waals surface area contributed by atoms with Gasteiger partial charge in [0.2, 0.25) is 0 Å². The zero-order chi connectivity index (χ0) is 8.16. The van der Waals surface area contributed by atoms with Crippen molar-refractivity contribution in [2.45, 2.75) is 24.9 Å². The van der Waals surface area contributed by atoms with Crippen molar-refractivity contribution in [1.29, 1.82) is 0 Å². The van der Waals surface area contributed by atoms with Gasteiger partial charge in [-0.3, -0.25) is 0 Å². The predicted molar refractivity (Wildman–Crippen MR) is 47.0 cm³/mol. The minimum atomic E-state index is -0.134. The van der Waals surface area contributed by atoms with Gasteiger partial charge in [0.15, 0.2) is 0 Å². The minimum Gasteiger partial charge on any atom is -0.377 e. The molecule has 0 N–H and O–H groups in total. The smallest absolute Gasteiger partial charge is 0.122 e. The van der Waals surface area contributed by atoms with Crippen LogP contribution in [0.5, 0.6) is 0 Å². The van der Waals surface area contributed by atoms with Crippen molar-refractivity contribution in [3.8, 4) is 0 Å². The lowest BCUT2D eigenvalue weighted by atomic mass is 9.96. The lowest BCUT2D eigenvalue weighted by Crippen LogP contribution is -2.37. The first-order valence-corrected chi connectivity index (χ1v) is 5.05. The number of carbonyl (C=O) groups excluding carboxylic acids is 1. The summed E-state index contributed by atoms with van der Waals surface area (Å²) in [5.74, 6) is 2.19. The van der Waals surface area contributed by atoms with Gasteiger partial charge in [-0.25, -0.2) is 0 Å². The van der Waals surface area contributed by atoms with Crippen molar-refractivity contribution < 1.29 is 9.53 Å². The van der Waals surface area contributed by atoms with Crippen molar-refractivity contribution in [2.24, 2.45) is 0 Å². The molecule has 0 spiro atoms. The van der Waals surface area contributed by atoms with E-state index in [-0.39, 0.29) is 5.60 Å². The van der Waals surface area contributed by atoms with E-state index in [1.807, 2.05) is 11.8 Å². The molecule has 1 rings (SSSR count). The number of thioether (sulfide) groups is 1. The third-order valence-corrected chi connectivity index (χ3v) is 3.48. The Labute approximate surface area is 71.7 Å². The summed E-state index contributed by atoms with van der Waals surface area (Å²) >= 11 is 1.88. The molecule has 0 aromatic heterocycles. The lowest BCUT2D eigenvalue weighted by Gasteiger charge is -2.33. The van der Waals surface area contributed by atoms with Crippen LogP contribution in [0.1, 0.15) is 19.3 Å². The Morgan fingerprint density at radius 2 is 2.55 bits per heavy atom. The third-order valence-electron chi connectivity index (χ3n) is 2.17. The summed E-state index contributed by atoms with van der Waals surface area (Å²) in [7, 11) is 1.70. The van der Waals surface area contributed by atoms with E-state index in [9.17, 15) is 4.79 Å². The van der Waals surface area contributed by atoms with E-state index in [1.165, 1.54) is 12.2 Å². The molecule has 0 aromatic rings. The van der Waals surface area contributed by atoms with Gasteiger partial charge in [0.1, 0.15) is 6.29 Å². The van der Waals surface area contributed by atoms with E-state index in [4.69, 9.17) is 4.74 Å². The van der Waals surface area contributed by atoms with E-state index in [2.05, 4.69) is 0 Å². The summed E-state index contributed by atoms with van der Waals surface area (Å²) < 4.78 is 5.37. The van der Waals surface area contributed by atoms with Gasteiger partial charge >= 0.3 is 0 Å². The van der Waals surface area contributed by atoms with Gasteiger partial charge in [0, 0.05) is 19.3 Å². The van der Waals surface area contributed by atoms with Crippen LogP contribution in [-0.2, 0) is 9.53 Å². The van der Waals surface area contributed by atoms with Gasteiger partial charge in [0.05, 0.1) is 5.60 Å². The zero-order valence-electron chi connectivity index (χ0n) is 6.84. The van der Waals surface area contributed by atoms with Crippen LogP contribution in [0, 0.1) is 0 Å². The van der Waals surface area contributed by atoms with Crippen LogP contribution in [0.15, 0.2) is 0 Å². The highest BCUT2D eigenvalue weighted by molar-refractivity contribution is 7.99. The minimum absolute atomic E-state index is 0.134. The van der Waals surface area contributed by atoms with Gasteiger partial charge in [-0.05, 0) is 18.6 Å². The molecule has 1 aliphatic rings. The normalized spacial score (nSPS) is 31.7. The van der Waals surface area contributed by atoms with Crippen molar-refractivity contribution >= 4 is 18.0 Å². The van der Waals surface area contributed by atoms with Crippen LogP contribution < -0.4 is 0 Å². The van der Waals surface area contributed by atoms with Crippen LogP contribution >= 0.6 is 11.8 Å². The van der Waals surface area contributed by atoms with E-state index < -0.39 is 0 Å². The molecule has 1 heterocycles. The molecule has 0 saturated carbocycles. The van der Waals surface area contributed by atoms with E-state index in [0.29, 0.717) is 6.42 Å². The fraction of sp³-hybridized carbons (Fsp3) is 0.875. The maximum Gasteiger partial charge on any atom is 0.122 e. The highest BCUT2D eigenvalue weighted by atomic mass is 32.2. The summed E-state index contributed by atoms with van der Waals surface area (Å²) in [6.07, 6.45) is 3.73. The largest absolute Gasteiger partial charge is 0.377 e. The molecular formula is C8H14O2S. The fourth-order valence-corrected chi connectivity index (χ4v) is 2.63. The molecule has 64 valence electrons. The Hall–Kier alpha value is -0.0200. The first-order chi connectivity index (χ1) is 5.33. The Bertz CT molecular complexity index is 130. The SMILES string of the molecule is COC1(CC=O)CCCSC1. The second-order valence-corrected chi connectivity index (χ2v) is 4.02. The molecule has 11 heavy (non-hydrogen) atoms. The number of carbonyl (C=O) groups is 1. The summed E-state index contributed by atoms with van der Waals surface area (Å²) in [4.78, 5) is 10.3. The third kappa shape index (κ3) is 2.20. The highest BCUT2D eigenvalue weighted by Crippen LogP contribution is 2.31. The Kier molecular flexibility index (Phi) is 3.40. The maximum absolute atomic E-state index is 10.3. The number of methoxy groups -OCH3 is 1. The molecule has 0 aliphatic carbocycles. The van der Waals surface area contributed by atoms with Crippen LogP contribution in [-0.4, -0.2) is 30.5 Å². The number of hydrogen-bond donors (Lipinski definition) is 0.